The van der Waals surface area contributed by atoms with Crippen molar-refractivity contribution in [3.8, 4) is 0 Å². The van der Waals surface area contributed by atoms with Crippen molar-refractivity contribution in [2.75, 3.05) is 36.4 Å². The maximum Gasteiger partial charge on any atom is 0.410 e. The number of para-hydroxylation sites is 2. The van der Waals surface area contributed by atoms with Crippen molar-refractivity contribution in [2.45, 2.75) is 33.3 Å². The number of nitrogens with zero attached hydrogens (tertiary/aromatic N) is 2. The van der Waals surface area contributed by atoms with Crippen molar-refractivity contribution in [3.05, 3.63) is 24.3 Å². The quantitative estimate of drug-likeness (QED) is 0.910. The number of nitrogens with one attached hydrogen (secondary N) is 1. The summed E-state index contributed by atoms with van der Waals surface area (Å²) in [6.45, 7) is 9.70. The molecule has 0 spiro atoms. The second-order valence-electron chi connectivity index (χ2n) is 6.65. The first-order valence-electron chi connectivity index (χ1n) is 7.86. The molecule has 0 unspecified atom stereocenters. The van der Waals surface area contributed by atoms with Crippen LogP contribution in [0.3, 0.4) is 0 Å². The van der Waals surface area contributed by atoms with Crippen LogP contribution in [-0.2, 0) is 9.53 Å². The van der Waals surface area contributed by atoms with E-state index in [1.807, 2.05) is 45.0 Å². The van der Waals surface area contributed by atoms with E-state index in [-0.39, 0.29) is 12.0 Å². The summed E-state index contributed by atoms with van der Waals surface area (Å²) in [7, 11) is 0. The van der Waals surface area contributed by atoms with Gasteiger partial charge < -0.3 is 19.9 Å². The second kappa shape index (κ2) is 6.89. The molecule has 23 heavy (non-hydrogen) atoms. The minimum Gasteiger partial charge on any atom is -0.444 e. The van der Waals surface area contributed by atoms with Crippen LogP contribution in [0.25, 0.3) is 0 Å². The van der Waals surface area contributed by atoms with E-state index in [0.29, 0.717) is 26.2 Å². The van der Waals surface area contributed by atoms with Gasteiger partial charge in [-0.05, 0) is 32.9 Å². The largest absolute Gasteiger partial charge is 0.444 e. The molecule has 0 aliphatic carbocycles. The van der Waals surface area contributed by atoms with E-state index < -0.39 is 5.60 Å². The van der Waals surface area contributed by atoms with Gasteiger partial charge in [0.15, 0.2) is 0 Å². The highest BCUT2D eigenvalue weighted by molar-refractivity contribution is 5.92. The monoisotopic (exact) mass is 319 g/mol. The zero-order valence-electron chi connectivity index (χ0n) is 14.3. The van der Waals surface area contributed by atoms with Gasteiger partial charge in [0, 0.05) is 33.1 Å². The fourth-order valence-electron chi connectivity index (χ4n) is 2.50. The molecule has 126 valence electrons. The number of hydrogen-bond donors (Lipinski definition) is 1. The number of rotatable bonds is 2. The molecule has 1 saturated heterocycles. The van der Waals surface area contributed by atoms with Crippen molar-refractivity contribution in [3.63, 3.8) is 0 Å². The summed E-state index contributed by atoms with van der Waals surface area (Å²) in [5.74, 6) is -0.0927. The Balaban J connectivity index is 2.00. The van der Waals surface area contributed by atoms with E-state index in [4.69, 9.17) is 4.74 Å². The van der Waals surface area contributed by atoms with E-state index >= 15 is 0 Å². The number of ether oxygens (including phenoxy) is 1. The Bertz CT molecular complexity index is 573. The third-order valence-corrected chi connectivity index (χ3v) is 3.49. The van der Waals surface area contributed by atoms with Crippen LogP contribution in [-0.4, -0.2) is 48.7 Å². The van der Waals surface area contributed by atoms with Crippen molar-refractivity contribution in [1.29, 1.82) is 0 Å². The van der Waals surface area contributed by atoms with Crippen molar-refractivity contribution in [1.82, 2.24) is 4.90 Å². The Labute approximate surface area is 137 Å². The lowest BCUT2D eigenvalue weighted by atomic mass is 10.2. The van der Waals surface area contributed by atoms with Gasteiger partial charge in [-0.2, -0.15) is 0 Å². The highest BCUT2D eigenvalue weighted by Gasteiger charge is 2.26. The highest BCUT2D eigenvalue weighted by Crippen LogP contribution is 2.26. The number of anilines is 2. The molecule has 1 heterocycles. The molecule has 2 rings (SSSR count). The molecule has 2 amide bonds. The zero-order valence-corrected chi connectivity index (χ0v) is 14.3. The summed E-state index contributed by atoms with van der Waals surface area (Å²) in [4.78, 5) is 27.3. The van der Waals surface area contributed by atoms with Crippen LogP contribution in [0, 0.1) is 0 Å². The lowest BCUT2D eigenvalue weighted by Crippen LogP contribution is -2.50. The molecule has 6 nitrogen and oxygen atoms in total. The average molecular weight is 319 g/mol. The van der Waals surface area contributed by atoms with Gasteiger partial charge in [-0.15, -0.1) is 0 Å². The molecule has 0 atom stereocenters. The van der Waals surface area contributed by atoms with Gasteiger partial charge in [0.1, 0.15) is 5.60 Å². The zero-order chi connectivity index (χ0) is 17.0. The van der Waals surface area contributed by atoms with Gasteiger partial charge in [0.25, 0.3) is 0 Å². The Morgan fingerprint density at radius 3 is 2.26 bits per heavy atom. The molecular weight excluding hydrogens is 294 g/mol. The smallest absolute Gasteiger partial charge is 0.410 e. The molecule has 6 heteroatoms. The summed E-state index contributed by atoms with van der Waals surface area (Å²) in [6, 6.07) is 7.71. The van der Waals surface area contributed by atoms with E-state index in [0.717, 1.165) is 11.4 Å². The van der Waals surface area contributed by atoms with Crippen molar-refractivity contribution in [2.24, 2.45) is 0 Å². The van der Waals surface area contributed by atoms with Gasteiger partial charge in [-0.25, -0.2) is 4.79 Å². The molecule has 1 N–H and O–H groups in total. The molecule has 1 aromatic carbocycles. The van der Waals surface area contributed by atoms with E-state index in [9.17, 15) is 9.59 Å². The molecule has 1 aliphatic rings. The van der Waals surface area contributed by atoms with Crippen LogP contribution in [0.1, 0.15) is 27.7 Å². The van der Waals surface area contributed by atoms with Gasteiger partial charge >= 0.3 is 6.09 Å². The SMILES string of the molecule is CC(=O)Nc1ccccc1N1CCN(C(=O)OC(C)(C)C)CC1. The topological polar surface area (TPSA) is 61.9 Å². The summed E-state index contributed by atoms with van der Waals surface area (Å²) < 4.78 is 5.41. The summed E-state index contributed by atoms with van der Waals surface area (Å²) in [5.41, 5.74) is 1.30. The lowest BCUT2D eigenvalue weighted by molar-refractivity contribution is -0.114. The van der Waals surface area contributed by atoms with E-state index in [2.05, 4.69) is 10.2 Å². The number of carbonyl (C=O) groups is 2. The predicted octanol–water partition coefficient (Wildman–Crippen LogP) is 2.70. The fourth-order valence-corrected chi connectivity index (χ4v) is 2.50. The number of carbonyl (C=O) groups excluding carboxylic acids is 2. The normalized spacial score (nSPS) is 15.3. The molecule has 1 fully saturated rings. The summed E-state index contributed by atoms with van der Waals surface area (Å²) in [6.07, 6.45) is -0.271. The Kier molecular flexibility index (Phi) is 5.13. The molecule has 0 saturated carbocycles. The van der Waals surface area contributed by atoms with Crippen LogP contribution in [0.2, 0.25) is 0 Å². The highest BCUT2D eigenvalue weighted by atomic mass is 16.6. The average Bonchev–Trinajstić information content (AvgIpc) is 2.45. The Hall–Kier alpha value is -2.24. The molecule has 0 radical (unpaired) electrons. The number of hydrogen-bond acceptors (Lipinski definition) is 4. The molecule has 0 bridgehead atoms. The maximum atomic E-state index is 12.1. The lowest BCUT2D eigenvalue weighted by Gasteiger charge is -2.37. The van der Waals surface area contributed by atoms with E-state index in [1.165, 1.54) is 6.92 Å². The number of amides is 2. The minimum atomic E-state index is -0.480. The first-order chi connectivity index (χ1) is 10.8. The molecule has 1 aromatic rings. The number of benzene rings is 1. The van der Waals surface area contributed by atoms with Crippen LogP contribution >= 0.6 is 0 Å². The Morgan fingerprint density at radius 2 is 1.70 bits per heavy atom. The summed E-state index contributed by atoms with van der Waals surface area (Å²) >= 11 is 0. The second-order valence-corrected chi connectivity index (χ2v) is 6.65. The van der Waals surface area contributed by atoms with Gasteiger partial charge in [-0.3, -0.25) is 4.79 Å². The Morgan fingerprint density at radius 1 is 1.09 bits per heavy atom. The molecule has 0 aromatic heterocycles. The van der Waals surface area contributed by atoms with Crippen LogP contribution in [0.15, 0.2) is 24.3 Å². The van der Waals surface area contributed by atoms with Crippen LogP contribution in [0.5, 0.6) is 0 Å². The van der Waals surface area contributed by atoms with Crippen LogP contribution < -0.4 is 10.2 Å². The fraction of sp³-hybridized carbons (Fsp3) is 0.529. The van der Waals surface area contributed by atoms with Crippen molar-refractivity contribution >= 4 is 23.4 Å². The predicted molar refractivity (Wildman–Crippen MR) is 90.8 cm³/mol. The third-order valence-electron chi connectivity index (χ3n) is 3.49. The van der Waals surface area contributed by atoms with Gasteiger partial charge in [0.05, 0.1) is 11.4 Å². The first kappa shape index (κ1) is 17.1. The molecular formula is C17H25N3O3. The standard InChI is InChI=1S/C17H25N3O3/c1-13(21)18-14-7-5-6-8-15(14)19-9-11-20(12-10-19)16(22)23-17(2,3)4/h5-8H,9-12H2,1-4H3,(H,18,21). The third kappa shape index (κ3) is 4.87. The van der Waals surface area contributed by atoms with Crippen molar-refractivity contribution < 1.29 is 14.3 Å². The van der Waals surface area contributed by atoms with Crippen LogP contribution in [0.4, 0.5) is 16.2 Å². The minimum absolute atomic E-state index is 0.0927. The van der Waals surface area contributed by atoms with Gasteiger partial charge in [-0.1, -0.05) is 12.1 Å². The first-order valence-corrected chi connectivity index (χ1v) is 7.86. The molecule has 1 aliphatic heterocycles. The van der Waals surface area contributed by atoms with Gasteiger partial charge in [0.2, 0.25) is 5.91 Å². The maximum absolute atomic E-state index is 12.1. The number of piperazine rings is 1. The van der Waals surface area contributed by atoms with E-state index in [1.54, 1.807) is 4.90 Å². The summed E-state index contributed by atoms with van der Waals surface area (Å²) in [5, 5.41) is 2.85.